The minimum atomic E-state index is -0.456. The van der Waals surface area contributed by atoms with Gasteiger partial charge in [0, 0.05) is 86.0 Å². The summed E-state index contributed by atoms with van der Waals surface area (Å²) in [7, 11) is 3.12. The van der Waals surface area contributed by atoms with Crippen LogP contribution in [-0.4, -0.2) is 83.3 Å². The first-order chi connectivity index (χ1) is 24.3. The van der Waals surface area contributed by atoms with Crippen LogP contribution in [0.15, 0.2) is 54.9 Å². The van der Waals surface area contributed by atoms with Crippen molar-refractivity contribution in [2.75, 3.05) is 45.8 Å². The van der Waals surface area contributed by atoms with E-state index in [-0.39, 0.29) is 35.2 Å². The molecule has 2 fully saturated rings. The number of halogens is 2. The Morgan fingerprint density at radius 1 is 1.06 bits per heavy atom. The number of aliphatic hydroxyl groups is 1. The van der Waals surface area contributed by atoms with Crippen LogP contribution in [0.25, 0.3) is 22.5 Å². The number of carbonyl (C=O) groups is 2. The zero-order chi connectivity index (χ0) is 35.2. The Labute approximate surface area is 300 Å². The number of benzene rings is 1. The summed E-state index contributed by atoms with van der Waals surface area (Å²) in [6.07, 6.45) is 5.59. The number of rotatable bonds is 13. The Morgan fingerprint density at radius 2 is 1.92 bits per heavy atom. The SMILES string of the molecule is COc1cc(C(=O)Nc2cccc(-c3nccc(-c4ccc(CNC[C@@H]5CCC(=O)N5)c(OC)n4)c3Cl)c2Cl)ncc1CN1CC[C@H](CO)C1. The molecule has 0 aliphatic carbocycles. The highest BCUT2D eigenvalue weighted by molar-refractivity contribution is 6.39. The summed E-state index contributed by atoms with van der Waals surface area (Å²) in [4.78, 5) is 40.7. The van der Waals surface area contributed by atoms with E-state index in [2.05, 4.69) is 30.8 Å². The van der Waals surface area contributed by atoms with Crippen molar-refractivity contribution in [3.05, 3.63) is 81.7 Å². The molecule has 5 heterocycles. The van der Waals surface area contributed by atoms with Gasteiger partial charge in [-0.3, -0.25) is 24.5 Å². The molecule has 6 rings (SSSR count). The van der Waals surface area contributed by atoms with Gasteiger partial charge in [0.05, 0.1) is 41.3 Å². The van der Waals surface area contributed by atoms with E-state index in [0.717, 1.165) is 37.1 Å². The number of methoxy groups -OCH3 is 2. The average molecular weight is 721 g/mol. The molecule has 1 aromatic carbocycles. The summed E-state index contributed by atoms with van der Waals surface area (Å²) in [5.74, 6) is 0.901. The van der Waals surface area contributed by atoms with E-state index in [1.54, 1.807) is 56.9 Å². The topological polar surface area (TPSA) is 151 Å². The number of carbonyl (C=O) groups excluding carboxylic acids is 2. The monoisotopic (exact) mass is 719 g/mol. The van der Waals surface area contributed by atoms with Gasteiger partial charge in [0.2, 0.25) is 11.8 Å². The Kier molecular flexibility index (Phi) is 11.5. The van der Waals surface area contributed by atoms with Gasteiger partial charge in [-0.2, -0.15) is 0 Å². The van der Waals surface area contributed by atoms with Crippen LogP contribution in [0.4, 0.5) is 5.69 Å². The molecule has 0 bridgehead atoms. The molecule has 2 saturated heterocycles. The smallest absolute Gasteiger partial charge is 0.274 e. The van der Waals surface area contributed by atoms with Gasteiger partial charge in [-0.1, -0.05) is 41.4 Å². The summed E-state index contributed by atoms with van der Waals surface area (Å²) in [6, 6.07) is 12.5. The largest absolute Gasteiger partial charge is 0.496 e. The molecule has 3 aromatic heterocycles. The standard InChI is InChI=1S/C36H39Cl2N7O5/c1-49-30-14-29(41-16-23(30)19-45-13-11-21(18-45)20-46)35(48)43-28-5-3-4-26(32(28)37)34-33(38)25(10-12-40-34)27-8-6-22(36(44-27)50-2)15-39-17-24-7-9-31(47)42-24/h3-6,8,10,12,14,16,21,24,39,46H,7,9,11,13,15,17-20H2,1-2H3,(H,42,47)(H,43,48)/t21-,24-/m0/s1. The molecule has 262 valence electrons. The summed E-state index contributed by atoms with van der Waals surface area (Å²) in [6.45, 7) is 3.64. The maximum atomic E-state index is 13.4. The highest BCUT2D eigenvalue weighted by Gasteiger charge is 2.24. The molecule has 4 aromatic rings. The number of anilines is 1. The lowest BCUT2D eigenvalue weighted by Gasteiger charge is -2.18. The maximum Gasteiger partial charge on any atom is 0.274 e. The highest BCUT2D eigenvalue weighted by Crippen LogP contribution is 2.40. The fraction of sp³-hybridized carbons (Fsp3) is 0.361. The number of hydrogen-bond donors (Lipinski definition) is 4. The second-order valence-corrected chi connectivity index (χ2v) is 13.2. The van der Waals surface area contributed by atoms with E-state index in [4.69, 9.17) is 37.7 Å². The van der Waals surface area contributed by atoms with Gasteiger partial charge in [0.1, 0.15) is 11.4 Å². The second kappa shape index (κ2) is 16.1. The fourth-order valence-corrected chi connectivity index (χ4v) is 6.89. The van der Waals surface area contributed by atoms with E-state index in [1.807, 2.05) is 12.1 Å². The third kappa shape index (κ3) is 8.00. The third-order valence-electron chi connectivity index (χ3n) is 9.01. The number of hydrogen-bond acceptors (Lipinski definition) is 10. The molecule has 14 heteroatoms. The first-order valence-electron chi connectivity index (χ1n) is 16.4. The molecule has 0 unspecified atom stereocenters. The van der Waals surface area contributed by atoms with Crippen LogP contribution in [-0.2, 0) is 17.9 Å². The van der Waals surface area contributed by atoms with Crippen molar-refractivity contribution in [3.63, 3.8) is 0 Å². The number of ether oxygens (including phenoxy) is 2. The molecule has 2 aliphatic heterocycles. The van der Waals surface area contributed by atoms with Crippen molar-refractivity contribution < 1.29 is 24.2 Å². The molecular weight excluding hydrogens is 681 g/mol. The van der Waals surface area contributed by atoms with Crippen LogP contribution in [0.1, 0.15) is 40.9 Å². The van der Waals surface area contributed by atoms with Crippen molar-refractivity contribution >= 4 is 40.7 Å². The Hall–Kier alpha value is -4.33. The number of likely N-dealkylation sites (tertiary alicyclic amines) is 1. The third-order valence-corrected chi connectivity index (χ3v) is 9.80. The van der Waals surface area contributed by atoms with E-state index in [1.165, 1.54) is 0 Å². The van der Waals surface area contributed by atoms with Crippen LogP contribution in [0.3, 0.4) is 0 Å². The van der Waals surface area contributed by atoms with Crippen LogP contribution in [0, 0.1) is 5.92 Å². The first kappa shape index (κ1) is 35.5. The molecule has 0 radical (unpaired) electrons. The van der Waals surface area contributed by atoms with Gasteiger partial charge < -0.3 is 30.5 Å². The molecule has 4 N–H and O–H groups in total. The lowest BCUT2D eigenvalue weighted by atomic mass is 10.1. The molecule has 0 spiro atoms. The predicted molar refractivity (Wildman–Crippen MR) is 192 cm³/mol. The maximum absolute atomic E-state index is 13.4. The number of aliphatic hydroxyl groups excluding tert-OH is 1. The summed E-state index contributed by atoms with van der Waals surface area (Å²) in [5.41, 5.74) is 4.42. The highest BCUT2D eigenvalue weighted by atomic mass is 35.5. The second-order valence-electron chi connectivity index (χ2n) is 12.4. The quantitative estimate of drug-likeness (QED) is 0.149. The Bertz CT molecular complexity index is 1880. The minimum Gasteiger partial charge on any atom is -0.496 e. The van der Waals surface area contributed by atoms with E-state index in [0.29, 0.717) is 70.9 Å². The van der Waals surface area contributed by atoms with E-state index >= 15 is 0 Å². The van der Waals surface area contributed by atoms with Gasteiger partial charge >= 0.3 is 0 Å². The fourth-order valence-electron chi connectivity index (χ4n) is 6.31. The lowest BCUT2D eigenvalue weighted by Crippen LogP contribution is -2.35. The number of pyridine rings is 3. The number of amides is 2. The first-order valence-corrected chi connectivity index (χ1v) is 17.2. The van der Waals surface area contributed by atoms with Crippen molar-refractivity contribution in [1.29, 1.82) is 0 Å². The summed E-state index contributed by atoms with van der Waals surface area (Å²) < 4.78 is 11.2. The number of nitrogens with one attached hydrogen (secondary N) is 3. The molecule has 12 nitrogen and oxygen atoms in total. The molecule has 2 aliphatic rings. The van der Waals surface area contributed by atoms with Crippen LogP contribution >= 0.6 is 23.2 Å². The van der Waals surface area contributed by atoms with Crippen molar-refractivity contribution in [2.24, 2.45) is 5.92 Å². The number of aromatic nitrogens is 3. The zero-order valence-electron chi connectivity index (χ0n) is 27.8. The Morgan fingerprint density at radius 3 is 2.66 bits per heavy atom. The lowest BCUT2D eigenvalue weighted by molar-refractivity contribution is -0.119. The zero-order valence-corrected chi connectivity index (χ0v) is 29.4. The van der Waals surface area contributed by atoms with Crippen LogP contribution in [0.2, 0.25) is 10.0 Å². The van der Waals surface area contributed by atoms with Gasteiger partial charge in [-0.05, 0) is 43.5 Å². The van der Waals surface area contributed by atoms with Gasteiger partial charge in [0.25, 0.3) is 5.91 Å². The normalized spacial score (nSPS) is 17.5. The van der Waals surface area contributed by atoms with Gasteiger partial charge in [-0.25, -0.2) is 4.98 Å². The van der Waals surface area contributed by atoms with Crippen molar-refractivity contribution in [2.45, 2.75) is 38.4 Å². The molecular formula is C36H39Cl2N7O5. The van der Waals surface area contributed by atoms with Crippen molar-refractivity contribution in [1.82, 2.24) is 30.5 Å². The Balaban J connectivity index is 1.17. The van der Waals surface area contributed by atoms with Crippen LogP contribution < -0.4 is 25.4 Å². The minimum absolute atomic E-state index is 0.0819. The number of nitrogens with zero attached hydrogens (tertiary/aromatic N) is 4. The molecule has 0 saturated carbocycles. The molecule has 2 atom stereocenters. The summed E-state index contributed by atoms with van der Waals surface area (Å²) >= 11 is 13.8. The molecule has 2 amide bonds. The van der Waals surface area contributed by atoms with Gasteiger partial charge in [0.15, 0.2) is 0 Å². The van der Waals surface area contributed by atoms with E-state index in [9.17, 15) is 14.7 Å². The summed E-state index contributed by atoms with van der Waals surface area (Å²) in [5, 5.41) is 19.3. The van der Waals surface area contributed by atoms with Crippen LogP contribution in [0.5, 0.6) is 11.6 Å². The molecule has 50 heavy (non-hydrogen) atoms. The van der Waals surface area contributed by atoms with E-state index < -0.39 is 5.91 Å². The predicted octanol–water partition coefficient (Wildman–Crippen LogP) is 4.96. The van der Waals surface area contributed by atoms with Gasteiger partial charge in [-0.15, -0.1) is 0 Å². The van der Waals surface area contributed by atoms with Crippen molar-refractivity contribution in [3.8, 4) is 34.1 Å². The average Bonchev–Trinajstić information content (AvgIpc) is 3.77.